The second-order valence-electron chi connectivity index (χ2n) is 8.14. The first-order valence-corrected chi connectivity index (χ1v) is 9.84. The summed E-state index contributed by atoms with van der Waals surface area (Å²) in [6.07, 6.45) is 4.14. The van der Waals surface area contributed by atoms with Crippen molar-refractivity contribution in [1.29, 1.82) is 0 Å². The lowest BCUT2D eigenvalue weighted by Crippen LogP contribution is -2.41. The maximum absolute atomic E-state index is 13.8. The fourth-order valence-electron chi connectivity index (χ4n) is 3.20. The highest BCUT2D eigenvalue weighted by Gasteiger charge is 2.28. The number of nitrogens with zero attached hydrogens (tertiary/aromatic N) is 3. The number of anilines is 3. The molecule has 1 saturated heterocycles. The van der Waals surface area contributed by atoms with E-state index in [0.717, 1.165) is 13.0 Å². The minimum Gasteiger partial charge on any atom is -0.444 e. The SMILES string of the molecule is CC(C)(C)OC(=O)Nc1ccc(F)cc1NC(=O)C1CCCN(c2ncccn2)C1. The number of rotatable bonds is 4. The number of halogens is 1. The van der Waals surface area contributed by atoms with Gasteiger partial charge in [0.2, 0.25) is 11.9 Å². The Morgan fingerprint density at radius 3 is 2.60 bits per heavy atom. The molecule has 1 aliphatic heterocycles. The molecular formula is C21H26FN5O3. The highest BCUT2D eigenvalue weighted by Crippen LogP contribution is 2.26. The van der Waals surface area contributed by atoms with E-state index in [1.807, 2.05) is 4.90 Å². The van der Waals surface area contributed by atoms with Gasteiger partial charge in [0.15, 0.2) is 0 Å². The van der Waals surface area contributed by atoms with E-state index in [2.05, 4.69) is 20.6 Å². The van der Waals surface area contributed by atoms with Crippen LogP contribution in [-0.4, -0.2) is 40.7 Å². The Kier molecular flexibility index (Phi) is 6.49. The first-order chi connectivity index (χ1) is 14.2. The first-order valence-electron chi connectivity index (χ1n) is 9.84. The molecule has 1 aromatic carbocycles. The molecule has 1 atom stereocenters. The summed E-state index contributed by atoms with van der Waals surface area (Å²) >= 11 is 0. The molecular weight excluding hydrogens is 389 g/mol. The van der Waals surface area contributed by atoms with Crippen LogP contribution < -0.4 is 15.5 Å². The van der Waals surface area contributed by atoms with Crippen molar-refractivity contribution in [2.24, 2.45) is 5.92 Å². The van der Waals surface area contributed by atoms with Gasteiger partial charge < -0.3 is 15.0 Å². The second kappa shape index (κ2) is 9.06. The highest BCUT2D eigenvalue weighted by atomic mass is 19.1. The maximum Gasteiger partial charge on any atom is 0.412 e. The van der Waals surface area contributed by atoms with Crippen LogP contribution in [-0.2, 0) is 9.53 Å². The lowest BCUT2D eigenvalue weighted by molar-refractivity contribution is -0.120. The van der Waals surface area contributed by atoms with E-state index in [1.54, 1.807) is 39.2 Å². The third kappa shape index (κ3) is 5.88. The molecule has 2 aromatic rings. The van der Waals surface area contributed by atoms with E-state index in [1.165, 1.54) is 18.2 Å². The molecule has 1 unspecified atom stereocenters. The van der Waals surface area contributed by atoms with E-state index in [4.69, 9.17) is 4.74 Å². The number of ether oxygens (including phenoxy) is 1. The number of carbonyl (C=O) groups is 2. The lowest BCUT2D eigenvalue weighted by Gasteiger charge is -2.32. The third-order valence-corrected chi connectivity index (χ3v) is 4.50. The zero-order valence-electron chi connectivity index (χ0n) is 17.3. The van der Waals surface area contributed by atoms with Crippen molar-refractivity contribution in [2.45, 2.75) is 39.2 Å². The van der Waals surface area contributed by atoms with Crippen molar-refractivity contribution in [3.8, 4) is 0 Å². The first kappa shape index (κ1) is 21.5. The number of carbonyl (C=O) groups excluding carboxylic acids is 2. The van der Waals surface area contributed by atoms with Gasteiger partial charge in [0, 0.05) is 25.5 Å². The predicted octanol–water partition coefficient (Wildman–Crippen LogP) is 3.82. The average Bonchev–Trinajstić information content (AvgIpc) is 2.69. The van der Waals surface area contributed by atoms with Crippen LogP contribution in [0, 0.1) is 11.7 Å². The van der Waals surface area contributed by atoms with E-state index < -0.39 is 17.5 Å². The molecule has 8 nitrogen and oxygen atoms in total. The standard InChI is InChI=1S/C21H26FN5O3/c1-21(2,3)30-20(29)26-16-8-7-15(22)12-17(16)25-18(28)14-6-4-11-27(13-14)19-23-9-5-10-24-19/h5,7-10,12,14H,4,6,11,13H2,1-3H3,(H,25,28)(H,26,29). The van der Waals surface area contributed by atoms with Crippen LogP contribution in [0.15, 0.2) is 36.7 Å². The van der Waals surface area contributed by atoms with Crippen LogP contribution in [0.2, 0.25) is 0 Å². The van der Waals surface area contributed by atoms with E-state index in [-0.39, 0.29) is 23.2 Å². The number of hydrogen-bond acceptors (Lipinski definition) is 6. The predicted molar refractivity (Wildman–Crippen MR) is 112 cm³/mol. The van der Waals surface area contributed by atoms with Gasteiger partial charge in [-0.15, -0.1) is 0 Å². The summed E-state index contributed by atoms with van der Waals surface area (Å²) in [5.74, 6) is -0.523. The summed E-state index contributed by atoms with van der Waals surface area (Å²) in [5.41, 5.74) is -0.240. The Bertz CT molecular complexity index is 901. The molecule has 160 valence electrons. The molecule has 0 saturated carbocycles. The Labute approximate surface area is 174 Å². The number of aromatic nitrogens is 2. The molecule has 9 heteroatoms. The Hall–Kier alpha value is -3.23. The second-order valence-corrected chi connectivity index (χ2v) is 8.14. The van der Waals surface area contributed by atoms with Crippen LogP contribution in [0.3, 0.4) is 0 Å². The largest absolute Gasteiger partial charge is 0.444 e. The third-order valence-electron chi connectivity index (χ3n) is 4.50. The van der Waals surface area contributed by atoms with Crippen molar-refractivity contribution in [2.75, 3.05) is 28.6 Å². The molecule has 30 heavy (non-hydrogen) atoms. The van der Waals surface area contributed by atoms with Gasteiger partial charge in [-0.1, -0.05) is 0 Å². The fourth-order valence-corrected chi connectivity index (χ4v) is 3.20. The molecule has 1 aliphatic rings. The normalized spacial score (nSPS) is 16.7. The molecule has 3 rings (SSSR count). The van der Waals surface area contributed by atoms with Gasteiger partial charge in [-0.25, -0.2) is 19.2 Å². The van der Waals surface area contributed by atoms with Crippen molar-refractivity contribution >= 4 is 29.3 Å². The van der Waals surface area contributed by atoms with E-state index in [0.29, 0.717) is 18.9 Å². The number of hydrogen-bond donors (Lipinski definition) is 2. The Morgan fingerprint density at radius 1 is 1.17 bits per heavy atom. The topological polar surface area (TPSA) is 96.5 Å². The summed E-state index contributed by atoms with van der Waals surface area (Å²) < 4.78 is 19.0. The van der Waals surface area contributed by atoms with Crippen LogP contribution in [0.5, 0.6) is 0 Å². The lowest BCUT2D eigenvalue weighted by atomic mass is 9.97. The summed E-state index contributed by atoms with van der Waals surface area (Å²) in [7, 11) is 0. The molecule has 2 N–H and O–H groups in total. The zero-order valence-corrected chi connectivity index (χ0v) is 17.3. The van der Waals surface area contributed by atoms with Crippen LogP contribution in [0.4, 0.5) is 26.5 Å². The highest BCUT2D eigenvalue weighted by molar-refractivity contribution is 5.99. The van der Waals surface area contributed by atoms with Crippen molar-refractivity contribution in [3.63, 3.8) is 0 Å². The summed E-state index contributed by atoms with van der Waals surface area (Å²) in [6.45, 7) is 6.45. The molecule has 0 aliphatic carbocycles. The number of amides is 2. The summed E-state index contributed by atoms with van der Waals surface area (Å²) in [5, 5.41) is 5.31. The summed E-state index contributed by atoms with van der Waals surface area (Å²) in [6, 6.07) is 5.50. The van der Waals surface area contributed by atoms with Crippen molar-refractivity contribution in [3.05, 3.63) is 42.5 Å². The molecule has 2 amide bonds. The minimum atomic E-state index is -0.685. The van der Waals surface area contributed by atoms with Gasteiger partial charge in [0.1, 0.15) is 11.4 Å². The van der Waals surface area contributed by atoms with E-state index in [9.17, 15) is 14.0 Å². The zero-order chi connectivity index (χ0) is 21.7. The summed E-state index contributed by atoms with van der Waals surface area (Å²) in [4.78, 5) is 35.4. The van der Waals surface area contributed by atoms with Gasteiger partial charge in [0.05, 0.1) is 17.3 Å². The molecule has 1 aromatic heterocycles. The quantitative estimate of drug-likeness (QED) is 0.788. The van der Waals surface area contributed by atoms with Crippen LogP contribution in [0.1, 0.15) is 33.6 Å². The van der Waals surface area contributed by atoms with Crippen molar-refractivity contribution < 1.29 is 18.7 Å². The molecule has 1 fully saturated rings. The van der Waals surface area contributed by atoms with Crippen LogP contribution >= 0.6 is 0 Å². The Balaban J connectivity index is 1.70. The van der Waals surface area contributed by atoms with Gasteiger partial charge in [-0.2, -0.15) is 0 Å². The average molecular weight is 415 g/mol. The molecule has 0 radical (unpaired) electrons. The number of benzene rings is 1. The Morgan fingerprint density at radius 2 is 1.90 bits per heavy atom. The molecule has 0 bridgehead atoms. The number of nitrogens with one attached hydrogen (secondary N) is 2. The van der Waals surface area contributed by atoms with Gasteiger partial charge in [-0.3, -0.25) is 10.1 Å². The van der Waals surface area contributed by atoms with Crippen LogP contribution in [0.25, 0.3) is 0 Å². The fraction of sp³-hybridized carbons (Fsp3) is 0.429. The number of piperidine rings is 1. The van der Waals surface area contributed by atoms with Gasteiger partial charge in [0.25, 0.3) is 0 Å². The molecule has 2 heterocycles. The van der Waals surface area contributed by atoms with Gasteiger partial charge in [-0.05, 0) is 57.9 Å². The minimum absolute atomic E-state index is 0.180. The van der Waals surface area contributed by atoms with E-state index >= 15 is 0 Å². The van der Waals surface area contributed by atoms with Gasteiger partial charge >= 0.3 is 6.09 Å². The monoisotopic (exact) mass is 415 g/mol. The maximum atomic E-state index is 13.8. The van der Waals surface area contributed by atoms with Crippen molar-refractivity contribution in [1.82, 2.24) is 9.97 Å². The smallest absolute Gasteiger partial charge is 0.412 e. The molecule has 0 spiro atoms.